The van der Waals surface area contributed by atoms with Crippen molar-refractivity contribution in [2.24, 2.45) is 13.0 Å². The first kappa shape index (κ1) is 13.2. The zero-order chi connectivity index (χ0) is 14.3. The lowest BCUT2D eigenvalue weighted by Crippen LogP contribution is -2.20. The van der Waals surface area contributed by atoms with Crippen molar-refractivity contribution >= 4 is 27.5 Å². The molecular formula is C14H13BrN2O3. The molecule has 0 spiro atoms. The molecule has 1 fully saturated rings. The third-order valence-corrected chi connectivity index (χ3v) is 4.01. The summed E-state index contributed by atoms with van der Waals surface area (Å²) in [6, 6.07) is 5.33. The number of carbonyl (C=O) groups excluding carboxylic acids is 1. The number of nitrogens with zero attached hydrogens (tertiary/aromatic N) is 1. The third-order valence-electron chi connectivity index (χ3n) is 3.44. The number of nitrogens with one attached hydrogen (secondary N) is 1. The van der Waals surface area contributed by atoms with Gasteiger partial charge in [-0.2, -0.15) is 0 Å². The van der Waals surface area contributed by atoms with Crippen molar-refractivity contribution < 1.29 is 9.21 Å². The molecule has 2 aromatic rings. The van der Waals surface area contributed by atoms with E-state index < -0.39 is 0 Å². The quantitative estimate of drug-likeness (QED) is 0.936. The highest BCUT2D eigenvalue weighted by atomic mass is 79.9. The number of pyridine rings is 1. The van der Waals surface area contributed by atoms with E-state index in [1.165, 1.54) is 4.57 Å². The summed E-state index contributed by atoms with van der Waals surface area (Å²) in [5.41, 5.74) is 0.469. The molecule has 104 valence electrons. The van der Waals surface area contributed by atoms with Crippen molar-refractivity contribution in [1.82, 2.24) is 4.57 Å². The molecule has 0 radical (unpaired) electrons. The number of furan rings is 1. The topological polar surface area (TPSA) is 64.2 Å². The smallest absolute Gasteiger partial charge is 0.264 e. The Morgan fingerprint density at radius 2 is 2.35 bits per heavy atom. The van der Waals surface area contributed by atoms with Crippen LogP contribution >= 0.6 is 15.9 Å². The highest BCUT2D eigenvalue weighted by molar-refractivity contribution is 9.10. The molecule has 2 aromatic heterocycles. The molecule has 0 saturated heterocycles. The summed E-state index contributed by atoms with van der Waals surface area (Å²) in [5, 5.41) is 2.83. The molecule has 1 saturated carbocycles. The Balaban J connectivity index is 1.70. The Morgan fingerprint density at radius 3 is 3.00 bits per heavy atom. The van der Waals surface area contributed by atoms with E-state index >= 15 is 0 Å². The van der Waals surface area contributed by atoms with E-state index in [1.807, 2.05) is 12.1 Å². The van der Waals surface area contributed by atoms with Crippen LogP contribution in [-0.2, 0) is 11.8 Å². The second-order valence-corrected chi connectivity index (χ2v) is 5.80. The molecule has 2 heterocycles. The Hall–Kier alpha value is -1.82. The molecule has 0 aromatic carbocycles. The van der Waals surface area contributed by atoms with Gasteiger partial charge in [-0.15, -0.1) is 0 Å². The Bertz CT molecular complexity index is 679. The van der Waals surface area contributed by atoms with Crippen LogP contribution in [0.4, 0.5) is 5.69 Å². The van der Waals surface area contributed by atoms with E-state index in [9.17, 15) is 9.59 Å². The molecule has 20 heavy (non-hydrogen) atoms. The average Bonchev–Trinajstić information content (AvgIpc) is 3.02. The molecule has 3 rings (SSSR count). The van der Waals surface area contributed by atoms with Crippen LogP contribution in [0.2, 0.25) is 0 Å². The van der Waals surface area contributed by atoms with E-state index in [4.69, 9.17) is 4.42 Å². The van der Waals surface area contributed by atoms with Crippen molar-refractivity contribution in [1.29, 1.82) is 0 Å². The van der Waals surface area contributed by atoms with Gasteiger partial charge >= 0.3 is 0 Å². The standard InChI is InChI=1S/C14H13BrN2O3/c1-17-7-8(5-11(15)14(17)19)16-13(18)10-6-9(10)12-3-2-4-20-12/h2-5,7,9-10H,6H2,1H3,(H,16,18)/t9-,10+/m0/s1. The normalized spacial score (nSPS) is 20.7. The van der Waals surface area contributed by atoms with E-state index in [0.29, 0.717) is 10.2 Å². The predicted molar refractivity (Wildman–Crippen MR) is 77.6 cm³/mol. The molecule has 1 amide bonds. The first-order valence-corrected chi connectivity index (χ1v) is 7.06. The van der Waals surface area contributed by atoms with Gasteiger partial charge < -0.3 is 14.3 Å². The van der Waals surface area contributed by atoms with Gasteiger partial charge in [-0.05, 0) is 40.5 Å². The number of aryl methyl sites for hydroxylation is 1. The maximum absolute atomic E-state index is 12.1. The number of carbonyl (C=O) groups is 1. The minimum Gasteiger partial charge on any atom is -0.469 e. The van der Waals surface area contributed by atoms with Crippen molar-refractivity contribution in [3.05, 3.63) is 51.2 Å². The van der Waals surface area contributed by atoms with Gasteiger partial charge in [0.1, 0.15) is 5.76 Å². The van der Waals surface area contributed by atoms with Crippen LogP contribution in [-0.4, -0.2) is 10.5 Å². The van der Waals surface area contributed by atoms with E-state index in [0.717, 1.165) is 12.2 Å². The van der Waals surface area contributed by atoms with Crippen LogP contribution in [0.1, 0.15) is 18.1 Å². The summed E-state index contributed by atoms with van der Waals surface area (Å²) in [6.07, 6.45) is 4.02. The zero-order valence-corrected chi connectivity index (χ0v) is 12.4. The number of hydrogen-bond acceptors (Lipinski definition) is 3. The molecule has 1 aliphatic rings. The maximum atomic E-state index is 12.1. The van der Waals surface area contributed by atoms with E-state index in [-0.39, 0.29) is 23.3 Å². The van der Waals surface area contributed by atoms with Gasteiger partial charge in [0.15, 0.2) is 0 Å². The number of halogens is 1. The second kappa shape index (κ2) is 4.94. The van der Waals surface area contributed by atoms with Crippen molar-refractivity contribution in [2.75, 3.05) is 5.32 Å². The molecule has 5 nitrogen and oxygen atoms in total. The van der Waals surface area contributed by atoms with E-state index in [1.54, 1.807) is 25.6 Å². The Labute approximate surface area is 123 Å². The van der Waals surface area contributed by atoms with Crippen molar-refractivity contribution in [3.8, 4) is 0 Å². The Kier molecular flexibility index (Phi) is 3.25. The maximum Gasteiger partial charge on any atom is 0.264 e. The largest absolute Gasteiger partial charge is 0.469 e. The summed E-state index contributed by atoms with van der Waals surface area (Å²) in [7, 11) is 1.64. The molecule has 1 aliphatic carbocycles. The van der Waals surface area contributed by atoms with Gasteiger partial charge in [-0.25, -0.2) is 0 Å². The van der Waals surface area contributed by atoms with Gasteiger partial charge in [0, 0.05) is 25.1 Å². The van der Waals surface area contributed by atoms with Gasteiger partial charge in [0.05, 0.1) is 16.4 Å². The first-order chi connectivity index (χ1) is 9.56. The summed E-state index contributed by atoms with van der Waals surface area (Å²) < 4.78 is 7.16. The lowest BCUT2D eigenvalue weighted by molar-refractivity contribution is -0.117. The van der Waals surface area contributed by atoms with Crippen molar-refractivity contribution in [2.45, 2.75) is 12.3 Å². The van der Waals surface area contributed by atoms with Gasteiger partial charge in [0.2, 0.25) is 5.91 Å². The lowest BCUT2D eigenvalue weighted by Gasteiger charge is -2.07. The minimum atomic E-state index is -0.136. The lowest BCUT2D eigenvalue weighted by atomic mass is 10.2. The van der Waals surface area contributed by atoms with Crippen LogP contribution < -0.4 is 10.9 Å². The number of aromatic nitrogens is 1. The summed E-state index contributed by atoms with van der Waals surface area (Å²) in [4.78, 5) is 23.7. The van der Waals surface area contributed by atoms with Crippen LogP contribution in [0.5, 0.6) is 0 Å². The summed E-state index contributed by atoms with van der Waals surface area (Å²) in [5.74, 6) is 0.918. The molecule has 0 bridgehead atoms. The zero-order valence-electron chi connectivity index (χ0n) is 10.8. The minimum absolute atomic E-state index is 0.0445. The van der Waals surface area contributed by atoms with Crippen LogP contribution in [0.3, 0.4) is 0 Å². The SMILES string of the molecule is Cn1cc(NC(=O)[C@@H]2C[C@@H]2c2ccco2)cc(Br)c1=O. The van der Waals surface area contributed by atoms with Gasteiger partial charge in [0.25, 0.3) is 5.56 Å². The van der Waals surface area contributed by atoms with Crippen LogP contribution in [0.15, 0.2) is 44.3 Å². The number of anilines is 1. The van der Waals surface area contributed by atoms with Crippen LogP contribution in [0.25, 0.3) is 0 Å². The summed E-state index contributed by atoms with van der Waals surface area (Å²) >= 11 is 3.18. The highest BCUT2D eigenvalue weighted by Gasteiger charge is 2.45. The van der Waals surface area contributed by atoms with Gasteiger partial charge in [-0.1, -0.05) is 0 Å². The monoisotopic (exact) mass is 336 g/mol. The summed E-state index contributed by atoms with van der Waals surface area (Å²) in [6.45, 7) is 0. The predicted octanol–water partition coefficient (Wildman–Crippen LogP) is 2.48. The second-order valence-electron chi connectivity index (χ2n) is 4.95. The van der Waals surface area contributed by atoms with E-state index in [2.05, 4.69) is 21.2 Å². The fourth-order valence-corrected chi connectivity index (χ4v) is 2.80. The molecule has 6 heteroatoms. The van der Waals surface area contributed by atoms with Crippen LogP contribution in [0, 0.1) is 5.92 Å². The molecule has 0 aliphatic heterocycles. The number of rotatable bonds is 3. The fourth-order valence-electron chi connectivity index (χ4n) is 2.28. The average molecular weight is 337 g/mol. The van der Waals surface area contributed by atoms with Crippen molar-refractivity contribution in [3.63, 3.8) is 0 Å². The highest BCUT2D eigenvalue weighted by Crippen LogP contribution is 2.48. The molecule has 1 N–H and O–H groups in total. The molecule has 0 unspecified atom stereocenters. The number of amides is 1. The first-order valence-electron chi connectivity index (χ1n) is 6.26. The Morgan fingerprint density at radius 1 is 1.55 bits per heavy atom. The van der Waals surface area contributed by atoms with Gasteiger partial charge in [-0.3, -0.25) is 9.59 Å². The molecule has 2 atom stereocenters. The number of hydrogen-bond donors (Lipinski definition) is 1. The fraction of sp³-hybridized carbons (Fsp3) is 0.286. The third kappa shape index (κ3) is 2.43. The molecular weight excluding hydrogens is 324 g/mol.